The van der Waals surface area contributed by atoms with E-state index in [0.717, 1.165) is 19.4 Å². The van der Waals surface area contributed by atoms with Gasteiger partial charge in [0.05, 0.1) is 12.5 Å². The largest absolute Gasteiger partial charge is 0.335 e. The van der Waals surface area contributed by atoms with Crippen molar-refractivity contribution in [1.29, 1.82) is 0 Å². The van der Waals surface area contributed by atoms with Crippen molar-refractivity contribution in [2.45, 2.75) is 32.2 Å². The van der Waals surface area contributed by atoms with Gasteiger partial charge in [0, 0.05) is 6.54 Å². The Labute approximate surface area is 130 Å². The van der Waals surface area contributed by atoms with Crippen molar-refractivity contribution < 1.29 is 9.18 Å². The normalized spacial score (nSPS) is 17.7. The molecular formula is C19H20FNO. The molecule has 2 aromatic rings. The van der Waals surface area contributed by atoms with Crippen LogP contribution in [0.2, 0.25) is 0 Å². The number of aryl methyl sites for hydroxylation is 1. The van der Waals surface area contributed by atoms with Crippen LogP contribution in [-0.4, -0.2) is 17.4 Å². The Morgan fingerprint density at radius 1 is 1.23 bits per heavy atom. The van der Waals surface area contributed by atoms with E-state index in [1.54, 1.807) is 18.2 Å². The minimum atomic E-state index is -0.304. The van der Waals surface area contributed by atoms with Gasteiger partial charge < -0.3 is 4.90 Å². The first-order chi connectivity index (χ1) is 10.6. The van der Waals surface area contributed by atoms with Crippen molar-refractivity contribution in [3.63, 3.8) is 0 Å². The zero-order valence-corrected chi connectivity index (χ0v) is 12.8. The summed E-state index contributed by atoms with van der Waals surface area (Å²) in [6.07, 6.45) is 2.11. The van der Waals surface area contributed by atoms with Crippen LogP contribution in [0.3, 0.4) is 0 Å². The predicted octanol–water partition coefficient (Wildman–Crippen LogP) is 4.04. The molecule has 0 bridgehead atoms. The molecule has 0 spiro atoms. The summed E-state index contributed by atoms with van der Waals surface area (Å²) in [7, 11) is 0. The smallest absolute Gasteiger partial charge is 0.227 e. The molecule has 3 rings (SSSR count). The van der Waals surface area contributed by atoms with Crippen LogP contribution in [0.25, 0.3) is 0 Å². The van der Waals surface area contributed by atoms with Crippen molar-refractivity contribution in [3.05, 3.63) is 71.0 Å². The van der Waals surface area contributed by atoms with Crippen LogP contribution in [0.15, 0.2) is 48.5 Å². The van der Waals surface area contributed by atoms with Crippen molar-refractivity contribution in [2.75, 3.05) is 6.54 Å². The Bertz CT molecular complexity index is 683. The van der Waals surface area contributed by atoms with Gasteiger partial charge in [-0.05, 0) is 37.0 Å². The Kier molecular flexibility index (Phi) is 4.23. The highest BCUT2D eigenvalue weighted by atomic mass is 19.1. The van der Waals surface area contributed by atoms with Gasteiger partial charge in [0.25, 0.3) is 0 Å². The summed E-state index contributed by atoms with van der Waals surface area (Å²) in [5.74, 6) is -0.295. The number of amides is 1. The maximum Gasteiger partial charge on any atom is 0.227 e. The molecular weight excluding hydrogens is 277 g/mol. The maximum atomic E-state index is 13.7. The monoisotopic (exact) mass is 297 g/mol. The Morgan fingerprint density at radius 3 is 2.82 bits per heavy atom. The number of carbonyl (C=O) groups excluding carboxylic acids is 1. The lowest BCUT2D eigenvalue weighted by Gasteiger charge is -2.25. The van der Waals surface area contributed by atoms with E-state index >= 15 is 0 Å². The second kappa shape index (κ2) is 6.30. The van der Waals surface area contributed by atoms with Gasteiger partial charge in [0.1, 0.15) is 5.82 Å². The van der Waals surface area contributed by atoms with Gasteiger partial charge >= 0.3 is 0 Å². The van der Waals surface area contributed by atoms with Crippen molar-refractivity contribution in [1.82, 2.24) is 4.90 Å². The number of nitrogens with zero attached hydrogens (tertiary/aromatic N) is 1. The maximum absolute atomic E-state index is 13.7. The number of rotatable bonds is 3. The van der Waals surface area contributed by atoms with Gasteiger partial charge in [-0.25, -0.2) is 4.39 Å². The molecule has 2 nitrogen and oxygen atoms in total. The fraction of sp³-hybridized carbons (Fsp3) is 0.316. The quantitative estimate of drug-likeness (QED) is 0.837. The molecule has 1 unspecified atom stereocenters. The lowest BCUT2D eigenvalue weighted by atomic mass is 10.0. The van der Waals surface area contributed by atoms with E-state index in [9.17, 15) is 9.18 Å². The number of hydrogen-bond donors (Lipinski definition) is 0. The van der Waals surface area contributed by atoms with E-state index in [1.807, 2.05) is 11.0 Å². The molecule has 2 aromatic carbocycles. The van der Waals surface area contributed by atoms with E-state index in [1.165, 1.54) is 17.2 Å². The van der Waals surface area contributed by atoms with E-state index in [0.29, 0.717) is 5.56 Å². The first-order valence-electron chi connectivity index (χ1n) is 7.74. The van der Waals surface area contributed by atoms with E-state index < -0.39 is 0 Å². The van der Waals surface area contributed by atoms with Crippen molar-refractivity contribution in [2.24, 2.45) is 0 Å². The van der Waals surface area contributed by atoms with E-state index in [-0.39, 0.29) is 24.2 Å². The lowest BCUT2D eigenvalue weighted by molar-refractivity contribution is -0.131. The van der Waals surface area contributed by atoms with E-state index in [2.05, 4.69) is 25.1 Å². The van der Waals surface area contributed by atoms with Crippen LogP contribution in [0, 0.1) is 12.7 Å². The van der Waals surface area contributed by atoms with Gasteiger partial charge in [-0.2, -0.15) is 0 Å². The van der Waals surface area contributed by atoms with Crippen LogP contribution in [0.5, 0.6) is 0 Å². The molecule has 0 N–H and O–H groups in total. The van der Waals surface area contributed by atoms with Gasteiger partial charge in [-0.3, -0.25) is 4.79 Å². The Morgan fingerprint density at radius 2 is 2.05 bits per heavy atom. The van der Waals surface area contributed by atoms with Crippen LogP contribution in [-0.2, 0) is 11.2 Å². The summed E-state index contributed by atoms with van der Waals surface area (Å²) in [6.45, 7) is 2.82. The van der Waals surface area contributed by atoms with Gasteiger partial charge in [-0.1, -0.05) is 48.0 Å². The van der Waals surface area contributed by atoms with Crippen molar-refractivity contribution in [3.8, 4) is 0 Å². The second-order valence-electron chi connectivity index (χ2n) is 5.93. The predicted molar refractivity (Wildman–Crippen MR) is 85.0 cm³/mol. The molecule has 0 aliphatic carbocycles. The molecule has 1 fully saturated rings. The molecule has 3 heteroatoms. The second-order valence-corrected chi connectivity index (χ2v) is 5.93. The highest BCUT2D eigenvalue weighted by Crippen LogP contribution is 2.32. The zero-order chi connectivity index (χ0) is 15.5. The van der Waals surface area contributed by atoms with Crippen LogP contribution in [0.4, 0.5) is 4.39 Å². The number of likely N-dealkylation sites (tertiary alicyclic amines) is 1. The Hall–Kier alpha value is -2.16. The molecule has 1 aliphatic heterocycles. The standard InChI is InChI=1S/C19H20FNO/c1-14-6-4-8-16(12-14)18-10-5-11-21(18)19(22)13-15-7-2-3-9-17(15)20/h2-4,6-9,12,18H,5,10-11,13H2,1H3. The molecule has 1 amide bonds. The first-order valence-corrected chi connectivity index (χ1v) is 7.74. The third kappa shape index (κ3) is 3.03. The SMILES string of the molecule is Cc1cccc(C2CCCN2C(=O)Cc2ccccc2F)c1. The number of carbonyl (C=O) groups is 1. The number of halogens is 1. The minimum absolute atomic E-state index is 0.00843. The van der Waals surface area contributed by atoms with Crippen molar-refractivity contribution >= 4 is 5.91 Å². The highest BCUT2D eigenvalue weighted by molar-refractivity contribution is 5.79. The first kappa shape index (κ1) is 14.8. The molecule has 22 heavy (non-hydrogen) atoms. The van der Waals surface area contributed by atoms with Crippen LogP contribution >= 0.6 is 0 Å². The van der Waals surface area contributed by atoms with Gasteiger partial charge in [0.15, 0.2) is 0 Å². The van der Waals surface area contributed by atoms with Gasteiger partial charge in [0.2, 0.25) is 5.91 Å². The summed E-state index contributed by atoms with van der Waals surface area (Å²) in [5.41, 5.74) is 2.85. The van der Waals surface area contributed by atoms with Crippen LogP contribution in [0.1, 0.15) is 35.6 Å². The molecule has 1 aliphatic rings. The molecule has 0 saturated carbocycles. The summed E-state index contributed by atoms with van der Waals surface area (Å²) >= 11 is 0. The Balaban J connectivity index is 1.78. The topological polar surface area (TPSA) is 20.3 Å². The summed E-state index contributed by atoms with van der Waals surface area (Å²) in [6, 6.07) is 14.9. The minimum Gasteiger partial charge on any atom is -0.335 e. The fourth-order valence-electron chi connectivity index (χ4n) is 3.20. The van der Waals surface area contributed by atoms with Gasteiger partial charge in [-0.15, -0.1) is 0 Å². The van der Waals surface area contributed by atoms with Crippen LogP contribution < -0.4 is 0 Å². The average molecular weight is 297 g/mol. The summed E-state index contributed by atoms with van der Waals surface area (Å²) < 4.78 is 13.7. The third-order valence-electron chi connectivity index (χ3n) is 4.30. The molecule has 1 heterocycles. The zero-order valence-electron chi connectivity index (χ0n) is 12.8. The third-order valence-corrected chi connectivity index (χ3v) is 4.30. The highest BCUT2D eigenvalue weighted by Gasteiger charge is 2.30. The molecule has 1 atom stereocenters. The molecule has 0 radical (unpaired) electrons. The molecule has 0 aromatic heterocycles. The number of benzene rings is 2. The lowest BCUT2D eigenvalue weighted by Crippen LogP contribution is -2.32. The fourth-order valence-corrected chi connectivity index (χ4v) is 3.20. The number of hydrogen-bond acceptors (Lipinski definition) is 1. The summed E-state index contributed by atoms with van der Waals surface area (Å²) in [5, 5.41) is 0. The average Bonchev–Trinajstić information content (AvgIpc) is 2.99. The van der Waals surface area contributed by atoms with E-state index in [4.69, 9.17) is 0 Å². The summed E-state index contributed by atoms with van der Waals surface area (Å²) in [4.78, 5) is 14.5. The molecule has 1 saturated heterocycles. The molecule has 114 valence electrons.